The Morgan fingerprint density at radius 3 is 2.71 bits per heavy atom. The van der Waals surface area contributed by atoms with E-state index in [2.05, 4.69) is 15.1 Å². The summed E-state index contributed by atoms with van der Waals surface area (Å²) in [6.07, 6.45) is -0.0707. The van der Waals surface area contributed by atoms with Gasteiger partial charge < -0.3 is 4.74 Å². The number of carbonyl (C=O) groups is 1. The van der Waals surface area contributed by atoms with Gasteiger partial charge in [-0.05, 0) is 44.5 Å². The molecule has 0 unspecified atom stereocenters. The number of methoxy groups -OCH3 is 1. The summed E-state index contributed by atoms with van der Waals surface area (Å²) in [5.41, 5.74) is 4.75. The molecule has 0 amide bonds. The van der Waals surface area contributed by atoms with Crippen molar-refractivity contribution in [3.8, 4) is 5.13 Å². The quantitative estimate of drug-likeness (QED) is 0.376. The number of aryl methyl sites for hydroxylation is 2. The number of fused-ring (bicyclic) bond motifs is 1. The molecule has 1 N–H and O–H groups in total. The number of ether oxygens (including phenoxy) is 1. The summed E-state index contributed by atoms with van der Waals surface area (Å²) in [6, 6.07) is 13.6. The third-order valence-electron chi connectivity index (χ3n) is 4.99. The number of nitrogens with one attached hydrogen (secondary N) is 1. The zero-order chi connectivity index (χ0) is 22.1. The van der Waals surface area contributed by atoms with Crippen molar-refractivity contribution in [2.75, 3.05) is 7.11 Å². The minimum Gasteiger partial charge on any atom is -0.469 e. The maximum atomic E-state index is 13.4. The summed E-state index contributed by atoms with van der Waals surface area (Å²) in [4.78, 5) is 34.6. The molecule has 2 aromatic carbocycles. The Bertz CT molecular complexity index is 1340. The number of H-pyrrole nitrogens is 1. The number of rotatable bonds is 5. The van der Waals surface area contributed by atoms with Crippen molar-refractivity contribution in [3.05, 3.63) is 75.2 Å². The lowest BCUT2D eigenvalue weighted by Gasteiger charge is -2.05. The van der Waals surface area contributed by atoms with Gasteiger partial charge in [-0.15, -0.1) is 0 Å². The summed E-state index contributed by atoms with van der Waals surface area (Å²) in [6.45, 7) is 5.77. The van der Waals surface area contributed by atoms with Gasteiger partial charge in [-0.25, -0.2) is 4.98 Å². The van der Waals surface area contributed by atoms with E-state index in [1.165, 1.54) is 23.1 Å². The minimum absolute atomic E-state index is 0.0707. The van der Waals surface area contributed by atoms with Crippen molar-refractivity contribution in [2.24, 2.45) is 4.99 Å². The largest absolute Gasteiger partial charge is 0.469 e. The fraction of sp³-hybridized carbons (Fsp3) is 0.217. The van der Waals surface area contributed by atoms with Crippen molar-refractivity contribution in [1.29, 1.82) is 0 Å². The number of hydrogen-bond acceptors (Lipinski definition) is 6. The second kappa shape index (κ2) is 8.31. The van der Waals surface area contributed by atoms with Gasteiger partial charge in [0.15, 0.2) is 0 Å². The van der Waals surface area contributed by atoms with Crippen LogP contribution in [0.15, 0.2) is 52.3 Å². The van der Waals surface area contributed by atoms with Gasteiger partial charge >= 0.3 is 5.97 Å². The van der Waals surface area contributed by atoms with Crippen molar-refractivity contribution in [2.45, 2.75) is 27.2 Å². The number of hydrogen-bond donors (Lipinski definition) is 1. The molecule has 31 heavy (non-hydrogen) atoms. The average Bonchev–Trinajstić information content (AvgIpc) is 3.30. The topological polar surface area (TPSA) is 89.3 Å². The Morgan fingerprint density at radius 1 is 1.23 bits per heavy atom. The SMILES string of the molecule is COC(=O)Cc1[nH]n(-c2nc3ccccc3s2)c(=O)c1C(C)=Nc1ccc(C)cc1C. The number of benzene rings is 2. The molecule has 0 saturated heterocycles. The maximum absolute atomic E-state index is 13.4. The monoisotopic (exact) mass is 434 g/mol. The van der Waals surface area contributed by atoms with Crippen LogP contribution in [0.2, 0.25) is 0 Å². The Balaban J connectivity index is 1.86. The van der Waals surface area contributed by atoms with Crippen LogP contribution in [0.3, 0.4) is 0 Å². The van der Waals surface area contributed by atoms with Crippen LogP contribution in [0.5, 0.6) is 0 Å². The average molecular weight is 435 g/mol. The Hall–Kier alpha value is -3.52. The number of aliphatic imine (C=N–C) groups is 1. The first-order valence-electron chi connectivity index (χ1n) is 9.77. The third kappa shape index (κ3) is 4.06. The van der Waals surface area contributed by atoms with E-state index < -0.39 is 5.97 Å². The van der Waals surface area contributed by atoms with E-state index >= 15 is 0 Å². The van der Waals surface area contributed by atoms with Crippen molar-refractivity contribution < 1.29 is 9.53 Å². The Labute approximate surface area is 183 Å². The summed E-state index contributed by atoms with van der Waals surface area (Å²) in [5.74, 6) is -0.446. The number of carbonyl (C=O) groups excluding carboxylic acids is 1. The van der Waals surface area contributed by atoms with Gasteiger partial charge in [-0.2, -0.15) is 4.68 Å². The van der Waals surface area contributed by atoms with E-state index in [-0.39, 0.29) is 12.0 Å². The smallest absolute Gasteiger partial charge is 0.311 e. The number of aromatic amines is 1. The summed E-state index contributed by atoms with van der Waals surface area (Å²) >= 11 is 1.40. The molecule has 0 aliphatic rings. The van der Waals surface area contributed by atoms with Crippen LogP contribution in [0, 0.1) is 13.8 Å². The lowest BCUT2D eigenvalue weighted by molar-refractivity contribution is -0.139. The van der Waals surface area contributed by atoms with Gasteiger partial charge in [0.2, 0.25) is 5.13 Å². The first-order chi connectivity index (χ1) is 14.9. The molecule has 4 aromatic rings. The first-order valence-corrected chi connectivity index (χ1v) is 10.6. The Kier molecular flexibility index (Phi) is 5.56. The van der Waals surface area contributed by atoms with Gasteiger partial charge in [0.1, 0.15) is 0 Å². The molecule has 2 heterocycles. The molecular weight excluding hydrogens is 412 g/mol. The minimum atomic E-state index is -0.446. The summed E-state index contributed by atoms with van der Waals surface area (Å²) in [7, 11) is 1.32. The lowest BCUT2D eigenvalue weighted by Crippen LogP contribution is -2.20. The number of esters is 1. The molecule has 2 aromatic heterocycles. The molecule has 158 valence electrons. The van der Waals surface area contributed by atoms with E-state index in [1.54, 1.807) is 6.92 Å². The molecule has 0 fully saturated rings. The molecule has 0 aliphatic heterocycles. The molecule has 8 heteroatoms. The van der Waals surface area contributed by atoms with Crippen molar-refractivity contribution in [1.82, 2.24) is 14.8 Å². The van der Waals surface area contributed by atoms with Gasteiger partial charge in [0, 0.05) is 0 Å². The number of nitrogens with zero attached hydrogens (tertiary/aromatic N) is 3. The summed E-state index contributed by atoms with van der Waals surface area (Å²) in [5, 5.41) is 3.56. The normalized spacial score (nSPS) is 11.8. The fourth-order valence-corrected chi connectivity index (χ4v) is 4.38. The molecule has 0 saturated carbocycles. The van der Waals surface area contributed by atoms with Crippen LogP contribution in [0.25, 0.3) is 15.3 Å². The predicted octanol–water partition coefficient (Wildman–Crippen LogP) is 4.25. The van der Waals surface area contributed by atoms with E-state index in [1.807, 2.05) is 56.3 Å². The predicted molar refractivity (Wildman–Crippen MR) is 123 cm³/mol. The van der Waals surface area contributed by atoms with E-state index in [0.29, 0.717) is 22.1 Å². The fourth-order valence-electron chi connectivity index (χ4n) is 3.46. The molecule has 0 radical (unpaired) electrons. The standard InChI is InChI=1S/C23H22N4O3S/c1-13-9-10-16(14(2)11-13)24-15(3)21-18(12-20(28)30-4)26-27(22(21)29)23-25-17-7-5-6-8-19(17)31-23/h5-11,26H,12H2,1-4H3. The van der Waals surface area contributed by atoms with Crippen LogP contribution < -0.4 is 5.56 Å². The highest BCUT2D eigenvalue weighted by Gasteiger charge is 2.22. The molecule has 7 nitrogen and oxygen atoms in total. The zero-order valence-electron chi connectivity index (χ0n) is 17.7. The Morgan fingerprint density at radius 2 is 2.00 bits per heavy atom. The van der Waals surface area contributed by atoms with Crippen molar-refractivity contribution in [3.63, 3.8) is 0 Å². The van der Waals surface area contributed by atoms with Crippen LogP contribution >= 0.6 is 11.3 Å². The van der Waals surface area contributed by atoms with E-state index in [4.69, 9.17) is 4.74 Å². The number of para-hydroxylation sites is 1. The maximum Gasteiger partial charge on any atom is 0.311 e. The highest BCUT2D eigenvalue weighted by atomic mass is 32.1. The van der Waals surface area contributed by atoms with Crippen molar-refractivity contribution >= 4 is 38.9 Å². The highest BCUT2D eigenvalue weighted by molar-refractivity contribution is 7.20. The first kappa shape index (κ1) is 20.7. The highest BCUT2D eigenvalue weighted by Crippen LogP contribution is 2.25. The van der Waals surface area contributed by atoms with Gasteiger partial charge in [0.25, 0.3) is 5.56 Å². The van der Waals surface area contributed by atoms with Gasteiger partial charge in [-0.1, -0.05) is 41.2 Å². The van der Waals surface area contributed by atoms with Gasteiger partial charge in [0.05, 0.1) is 46.4 Å². The lowest BCUT2D eigenvalue weighted by atomic mass is 10.1. The molecule has 0 spiro atoms. The van der Waals surface area contributed by atoms with Gasteiger partial charge in [-0.3, -0.25) is 19.7 Å². The molecule has 0 bridgehead atoms. The molecule has 4 rings (SSSR count). The molecular formula is C23H22N4O3S. The van der Waals surface area contributed by atoms with E-state index in [0.717, 1.165) is 27.0 Å². The number of thiazole rings is 1. The van der Waals surface area contributed by atoms with Crippen LogP contribution in [0.1, 0.15) is 29.3 Å². The second-order valence-electron chi connectivity index (χ2n) is 7.31. The van der Waals surface area contributed by atoms with Crippen LogP contribution in [-0.2, 0) is 16.0 Å². The second-order valence-corrected chi connectivity index (χ2v) is 8.32. The summed E-state index contributed by atoms with van der Waals surface area (Å²) < 4.78 is 7.16. The van der Waals surface area contributed by atoms with Crippen LogP contribution in [0.4, 0.5) is 5.69 Å². The van der Waals surface area contributed by atoms with Crippen LogP contribution in [-0.4, -0.2) is 33.6 Å². The van der Waals surface area contributed by atoms with E-state index in [9.17, 15) is 9.59 Å². The molecule has 0 atom stereocenters. The molecule has 0 aliphatic carbocycles. The zero-order valence-corrected chi connectivity index (χ0v) is 18.5. The third-order valence-corrected chi connectivity index (χ3v) is 6.01. The number of aromatic nitrogens is 3.